The number of ether oxygens (including phenoxy) is 1. The minimum atomic E-state index is -0.940. The van der Waals surface area contributed by atoms with Crippen LogP contribution in [0.4, 0.5) is 0 Å². The fourth-order valence-electron chi connectivity index (χ4n) is 4.62. The molecule has 0 spiro atoms. The second kappa shape index (κ2) is 9.33. The van der Waals surface area contributed by atoms with E-state index in [4.69, 9.17) is 17.0 Å². The first-order valence-corrected chi connectivity index (χ1v) is 11.2. The molecule has 0 saturated carbocycles. The zero-order chi connectivity index (χ0) is 23.7. The van der Waals surface area contributed by atoms with E-state index in [0.717, 1.165) is 33.9 Å². The number of thiocarbonyl (C=S) groups is 1. The molecule has 2 N–H and O–H groups in total. The van der Waals surface area contributed by atoms with Crippen molar-refractivity contribution in [1.82, 2.24) is 19.8 Å². The van der Waals surface area contributed by atoms with Gasteiger partial charge in [-0.15, -0.1) is 0 Å². The molecule has 1 aliphatic rings. The molecule has 2 unspecified atom stereocenters. The summed E-state index contributed by atoms with van der Waals surface area (Å²) >= 11 is 5.71. The lowest BCUT2D eigenvalue weighted by molar-refractivity contribution is 0.0697. The normalized spacial score (nSPS) is 17.9. The summed E-state index contributed by atoms with van der Waals surface area (Å²) in [5.74, 6) is -0.940. The number of benzene rings is 1. The molecular formula is C25H28N4O3S. The average Bonchev–Trinajstić information content (AvgIpc) is 3.28. The monoisotopic (exact) mass is 464 g/mol. The van der Waals surface area contributed by atoms with Crippen LogP contribution in [0.2, 0.25) is 0 Å². The van der Waals surface area contributed by atoms with Crippen LogP contribution in [0.25, 0.3) is 5.69 Å². The molecule has 33 heavy (non-hydrogen) atoms. The highest BCUT2D eigenvalue weighted by Crippen LogP contribution is 2.41. The maximum absolute atomic E-state index is 11.6. The molecule has 8 heteroatoms. The number of aromatic nitrogens is 2. The van der Waals surface area contributed by atoms with Crippen LogP contribution in [0.5, 0.6) is 0 Å². The van der Waals surface area contributed by atoms with Gasteiger partial charge in [0.2, 0.25) is 0 Å². The van der Waals surface area contributed by atoms with Gasteiger partial charge in [0.15, 0.2) is 5.11 Å². The first-order valence-electron chi connectivity index (χ1n) is 10.8. The molecule has 2 aromatic heterocycles. The SMILES string of the molecule is COCCN1C(=S)NC(c2ccccn2)C1c1cc(C)n(-c2cc(C(=O)O)ccc2C)c1C. The Morgan fingerprint density at radius 2 is 2.00 bits per heavy atom. The summed E-state index contributed by atoms with van der Waals surface area (Å²) in [5, 5.41) is 13.6. The number of aryl methyl sites for hydroxylation is 2. The van der Waals surface area contributed by atoms with Gasteiger partial charge >= 0.3 is 5.97 Å². The Kier molecular flexibility index (Phi) is 6.49. The predicted molar refractivity (Wildman–Crippen MR) is 131 cm³/mol. The fourth-order valence-corrected chi connectivity index (χ4v) is 4.95. The van der Waals surface area contributed by atoms with E-state index in [2.05, 4.69) is 32.8 Å². The topological polar surface area (TPSA) is 79.6 Å². The number of carboxylic acids is 1. The van der Waals surface area contributed by atoms with Crippen molar-refractivity contribution in [3.8, 4) is 5.69 Å². The lowest BCUT2D eigenvalue weighted by atomic mass is 9.97. The summed E-state index contributed by atoms with van der Waals surface area (Å²) in [5.41, 5.74) is 6.23. The van der Waals surface area contributed by atoms with Gasteiger partial charge in [-0.05, 0) is 74.4 Å². The average molecular weight is 465 g/mol. The summed E-state index contributed by atoms with van der Waals surface area (Å²) < 4.78 is 7.48. The summed E-state index contributed by atoms with van der Waals surface area (Å²) in [6, 6.07) is 13.1. The minimum Gasteiger partial charge on any atom is -0.478 e. The van der Waals surface area contributed by atoms with Gasteiger partial charge in [-0.2, -0.15) is 0 Å². The van der Waals surface area contributed by atoms with Gasteiger partial charge in [-0.1, -0.05) is 12.1 Å². The second-order valence-electron chi connectivity index (χ2n) is 8.28. The van der Waals surface area contributed by atoms with Gasteiger partial charge in [0.1, 0.15) is 0 Å². The Morgan fingerprint density at radius 1 is 1.21 bits per heavy atom. The summed E-state index contributed by atoms with van der Waals surface area (Å²) in [4.78, 5) is 18.4. The zero-order valence-corrected chi connectivity index (χ0v) is 20.0. The van der Waals surface area contributed by atoms with Crippen molar-refractivity contribution in [2.24, 2.45) is 0 Å². The number of hydrogen-bond donors (Lipinski definition) is 2. The Morgan fingerprint density at radius 3 is 2.67 bits per heavy atom. The number of nitrogens with one attached hydrogen (secondary N) is 1. The Hall–Kier alpha value is -3.23. The van der Waals surface area contributed by atoms with E-state index in [1.165, 1.54) is 0 Å². The Bertz CT molecular complexity index is 1190. The molecule has 3 aromatic rings. The van der Waals surface area contributed by atoms with E-state index in [-0.39, 0.29) is 17.6 Å². The standard InChI is InChI=1S/C25H28N4O3S/c1-15-8-9-18(24(30)31)14-21(15)29-16(2)13-19(17(29)3)23-22(20-7-5-6-10-26-20)27-25(33)28(23)11-12-32-4/h5-10,13-14,22-23H,11-12H2,1-4H3,(H,27,33)(H,30,31). The molecule has 0 radical (unpaired) electrons. The van der Waals surface area contributed by atoms with E-state index < -0.39 is 5.97 Å². The third-order valence-electron chi connectivity index (χ3n) is 6.22. The van der Waals surface area contributed by atoms with E-state index in [9.17, 15) is 9.90 Å². The van der Waals surface area contributed by atoms with Crippen LogP contribution in [0.1, 0.15) is 50.7 Å². The number of carboxylic acid groups (broad SMARTS) is 1. The number of nitrogens with zero attached hydrogens (tertiary/aromatic N) is 3. The Labute approximate surface area is 199 Å². The molecule has 0 aliphatic carbocycles. The van der Waals surface area contributed by atoms with E-state index >= 15 is 0 Å². The molecule has 1 aromatic carbocycles. The number of methoxy groups -OCH3 is 1. The van der Waals surface area contributed by atoms with Crippen molar-refractivity contribution in [2.45, 2.75) is 32.9 Å². The van der Waals surface area contributed by atoms with Crippen molar-refractivity contribution in [1.29, 1.82) is 0 Å². The number of hydrogen-bond acceptors (Lipinski definition) is 4. The highest BCUT2D eigenvalue weighted by molar-refractivity contribution is 7.80. The molecule has 0 bridgehead atoms. The maximum atomic E-state index is 11.6. The van der Waals surface area contributed by atoms with E-state index in [0.29, 0.717) is 18.3 Å². The van der Waals surface area contributed by atoms with Gasteiger partial charge in [-0.3, -0.25) is 4.98 Å². The van der Waals surface area contributed by atoms with Gasteiger partial charge in [0, 0.05) is 36.9 Å². The van der Waals surface area contributed by atoms with Crippen LogP contribution in [0.3, 0.4) is 0 Å². The van der Waals surface area contributed by atoms with Gasteiger partial charge < -0.3 is 24.6 Å². The molecular weight excluding hydrogens is 436 g/mol. The number of carbonyl (C=O) groups is 1. The van der Waals surface area contributed by atoms with Crippen LogP contribution in [-0.4, -0.2) is 50.9 Å². The lowest BCUT2D eigenvalue weighted by Crippen LogP contribution is -2.32. The van der Waals surface area contributed by atoms with Crippen molar-refractivity contribution < 1.29 is 14.6 Å². The van der Waals surface area contributed by atoms with Crippen LogP contribution in [-0.2, 0) is 4.74 Å². The van der Waals surface area contributed by atoms with Crippen LogP contribution in [0, 0.1) is 20.8 Å². The summed E-state index contributed by atoms with van der Waals surface area (Å²) in [6.45, 7) is 7.30. The maximum Gasteiger partial charge on any atom is 0.335 e. The first kappa shape index (κ1) is 22.9. The van der Waals surface area contributed by atoms with Crippen molar-refractivity contribution in [3.05, 3.63) is 82.4 Å². The number of aromatic carboxylic acids is 1. The molecule has 2 atom stereocenters. The number of rotatable bonds is 7. The minimum absolute atomic E-state index is 0.0783. The molecule has 3 heterocycles. The lowest BCUT2D eigenvalue weighted by Gasteiger charge is -2.28. The first-order chi connectivity index (χ1) is 15.8. The van der Waals surface area contributed by atoms with Crippen LogP contribution >= 0.6 is 12.2 Å². The molecule has 0 amide bonds. The molecule has 172 valence electrons. The summed E-state index contributed by atoms with van der Waals surface area (Å²) in [6.07, 6.45) is 1.79. The Balaban J connectivity index is 1.85. The fraction of sp³-hybridized carbons (Fsp3) is 0.320. The largest absolute Gasteiger partial charge is 0.478 e. The molecule has 1 saturated heterocycles. The van der Waals surface area contributed by atoms with E-state index in [1.807, 2.05) is 38.1 Å². The second-order valence-corrected chi connectivity index (χ2v) is 8.67. The highest BCUT2D eigenvalue weighted by atomic mass is 32.1. The van der Waals surface area contributed by atoms with Gasteiger partial charge in [0.05, 0.1) is 29.9 Å². The summed E-state index contributed by atoms with van der Waals surface area (Å²) in [7, 11) is 1.68. The van der Waals surface area contributed by atoms with Gasteiger partial charge in [0.25, 0.3) is 0 Å². The quantitative estimate of drug-likeness (QED) is 0.509. The van der Waals surface area contributed by atoms with Crippen molar-refractivity contribution in [2.75, 3.05) is 20.3 Å². The van der Waals surface area contributed by atoms with E-state index in [1.54, 1.807) is 25.4 Å². The van der Waals surface area contributed by atoms with Gasteiger partial charge in [-0.25, -0.2) is 4.79 Å². The zero-order valence-electron chi connectivity index (χ0n) is 19.2. The smallest absolute Gasteiger partial charge is 0.335 e. The number of pyridine rings is 1. The molecule has 1 aliphatic heterocycles. The van der Waals surface area contributed by atoms with Crippen molar-refractivity contribution >= 4 is 23.3 Å². The highest BCUT2D eigenvalue weighted by Gasteiger charge is 2.41. The van der Waals surface area contributed by atoms with Crippen molar-refractivity contribution in [3.63, 3.8) is 0 Å². The van der Waals surface area contributed by atoms with Crippen LogP contribution in [0.15, 0.2) is 48.7 Å². The third-order valence-corrected chi connectivity index (χ3v) is 6.57. The molecule has 7 nitrogen and oxygen atoms in total. The molecule has 1 fully saturated rings. The van der Waals surface area contributed by atoms with Crippen LogP contribution < -0.4 is 5.32 Å². The third kappa shape index (κ3) is 4.24. The molecule has 4 rings (SSSR count). The predicted octanol–water partition coefficient (Wildman–Crippen LogP) is 4.11.